The number of nitrogen functional groups attached to an aromatic ring is 1. The number of anilines is 1. The highest BCUT2D eigenvalue weighted by Gasteiger charge is 2.17. The minimum Gasteiger partial charge on any atom is -0.395 e. The van der Waals surface area contributed by atoms with Crippen molar-refractivity contribution >= 4 is 22.9 Å². The maximum Gasteiger partial charge on any atom is 0.271 e. The molecule has 96 valence electrons. The fraction of sp³-hybridized carbons (Fsp3) is 0.364. The third-order valence-electron chi connectivity index (χ3n) is 2.74. The number of hydrogen-bond acceptors (Lipinski definition) is 5. The molecule has 0 aliphatic heterocycles. The van der Waals surface area contributed by atoms with Gasteiger partial charge in [-0.1, -0.05) is 0 Å². The second-order valence-corrected chi connectivity index (χ2v) is 4.95. The number of thiazole rings is 1. The molecule has 0 aromatic carbocycles. The summed E-state index contributed by atoms with van der Waals surface area (Å²) in [4.78, 5) is 17.2. The standard InChI is InChI=1S/C11H15N5OS/c1-6-8(18-5-14-6)4-13-11(17)10-9(12)7(2)15-16(10)3/h5H,4,12H2,1-3H3,(H,13,17). The number of nitrogens with one attached hydrogen (secondary N) is 1. The average molecular weight is 265 g/mol. The summed E-state index contributed by atoms with van der Waals surface area (Å²) in [5.41, 5.74) is 10.0. The molecule has 6 nitrogen and oxygen atoms in total. The zero-order valence-electron chi connectivity index (χ0n) is 10.5. The Morgan fingerprint density at radius 1 is 1.50 bits per heavy atom. The van der Waals surface area contributed by atoms with E-state index < -0.39 is 0 Å². The third-order valence-corrected chi connectivity index (χ3v) is 3.67. The van der Waals surface area contributed by atoms with Gasteiger partial charge >= 0.3 is 0 Å². The fourth-order valence-electron chi connectivity index (χ4n) is 1.68. The molecule has 7 heteroatoms. The lowest BCUT2D eigenvalue weighted by Crippen LogP contribution is -2.26. The summed E-state index contributed by atoms with van der Waals surface area (Å²) in [6.45, 7) is 4.15. The number of carbonyl (C=O) groups excluding carboxylic acids is 1. The van der Waals surface area contributed by atoms with Crippen molar-refractivity contribution < 1.29 is 4.79 Å². The second kappa shape index (κ2) is 4.77. The summed E-state index contributed by atoms with van der Waals surface area (Å²) in [6, 6.07) is 0. The van der Waals surface area contributed by atoms with Gasteiger partial charge in [0.25, 0.3) is 5.91 Å². The van der Waals surface area contributed by atoms with E-state index >= 15 is 0 Å². The van der Waals surface area contributed by atoms with Gasteiger partial charge in [-0.25, -0.2) is 4.98 Å². The van der Waals surface area contributed by atoms with Crippen molar-refractivity contribution in [3.8, 4) is 0 Å². The van der Waals surface area contributed by atoms with Crippen LogP contribution in [0.4, 0.5) is 5.69 Å². The van der Waals surface area contributed by atoms with Crippen LogP contribution in [-0.2, 0) is 13.6 Å². The topological polar surface area (TPSA) is 85.8 Å². The molecule has 0 saturated carbocycles. The van der Waals surface area contributed by atoms with Gasteiger partial charge < -0.3 is 11.1 Å². The molecule has 2 heterocycles. The van der Waals surface area contributed by atoms with E-state index in [1.165, 1.54) is 16.0 Å². The van der Waals surface area contributed by atoms with Gasteiger partial charge in [0.15, 0.2) is 0 Å². The van der Waals surface area contributed by atoms with Gasteiger partial charge in [0.05, 0.1) is 29.1 Å². The van der Waals surface area contributed by atoms with Gasteiger partial charge in [-0.05, 0) is 13.8 Å². The van der Waals surface area contributed by atoms with Gasteiger partial charge in [-0.3, -0.25) is 9.48 Å². The molecule has 2 aromatic heterocycles. The minimum absolute atomic E-state index is 0.219. The van der Waals surface area contributed by atoms with Crippen molar-refractivity contribution in [2.45, 2.75) is 20.4 Å². The van der Waals surface area contributed by atoms with E-state index in [0.29, 0.717) is 23.6 Å². The van der Waals surface area contributed by atoms with Crippen molar-refractivity contribution in [1.82, 2.24) is 20.1 Å². The minimum atomic E-state index is -0.219. The lowest BCUT2D eigenvalue weighted by Gasteiger charge is -2.05. The molecule has 0 bridgehead atoms. The number of hydrogen-bond donors (Lipinski definition) is 2. The second-order valence-electron chi connectivity index (χ2n) is 4.01. The average Bonchev–Trinajstić information content (AvgIpc) is 2.81. The predicted molar refractivity (Wildman–Crippen MR) is 70.4 cm³/mol. The Labute approximate surface area is 109 Å². The van der Waals surface area contributed by atoms with Gasteiger partial charge in [-0.15, -0.1) is 11.3 Å². The molecule has 0 radical (unpaired) electrons. The third kappa shape index (κ3) is 2.21. The highest BCUT2D eigenvalue weighted by molar-refractivity contribution is 7.09. The maximum atomic E-state index is 12.0. The molecule has 0 fully saturated rings. The monoisotopic (exact) mass is 265 g/mol. The van der Waals surface area contributed by atoms with Crippen molar-refractivity contribution in [1.29, 1.82) is 0 Å². The highest BCUT2D eigenvalue weighted by atomic mass is 32.1. The Balaban J connectivity index is 2.11. The first-order valence-corrected chi connectivity index (χ1v) is 6.35. The van der Waals surface area contributed by atoms with Crippen LogP contribution in [0, 0.1) is 13.8 Å². The Hall–Kier alpha value is -1.89. The number of carbonyl (C=O) groups is 1. The summed E-state index contributed by atoms with van der Waals surface area (Å²) < 4.78 is 1.50. The fourth-order valence-corrected chi connectivity index (χ4v) is 2.40. The molecule has 0 saturated heterocycles. The van der Waals surface area contributed by atoms with Crippen molar-refractivity contribution in [2.75, 3.05) is 5.73 Å². The normalized spacial score (nSPS) is 10.6. The van der Waals surface area contributed by atoms with Crippen LogP contribution in [0.5, 0.6) is 0 Å². The van der Waals surface area contributed by atoms with Gasteiger partial charge in [0.1, 0.15) is 5.69 Å². The van der Waals surface area contributed by atoms with Crippen LogP contribution >= 0.6 is 11.3 Å². The lowest BCUT2D eigenvalue weighted by atomic mass is 10.3. The number of nitrogens with zero attached hydrogens (tertiary/aromatic N) is 3. The Morgan fingerprint density at radius 2 is 2.22 bits per heavy atom. The van der Waals surface area contributed by atoms with Crippen molar-refractivity contribution in [2.24, 2.45) is 7.05 Å². The molecule has 1 amide bonds. The van der Waals surface area contributed by atoms with Gasteiger partial charge in [-0.2, -0.15) is 5.10 Å². The quantitative estimate of drug-likeness (QED) is 0.867. The van der Waals surface area contributed by atoms with E-state index in [1.54, 1.807) is 19.5 Å². The van der Waals surface area contributed by atoms with E-state index in [-0.39, 0.29) is 5.91 Å². The number of aryl methyl sites for hydroxylation is 3. The zero-order valence-corrected chi connectivity index (χ0v) is 11.3. The zero-order chi connectivity index (χ0) is 13.3. The summed E-state index contributed by atoms with van der Waals surface area (Å²) in [5.74, 6) is -0.219. The van der Waals surface area contributed by atoms with Crippen molar-refractivity contribution in [3.63, 3.8) is 0 Å². The largest absolute Gasteiger partial charge is 0.395 e. The first-order valence-electron chi connectivity index (χ1n) is 5.47. The molecule has 18 heavy (non-hydrogen) atoms. The summed E-state index contributed by atoms with van der Waals surface area (Å²) in [5, 5.41) is 6.94. The van der Waals surface area contributed by atoms with Crippen LogP contribution in [0.15, 0.2) is 5.51 Å². The molecule has 2 rings (SSSR count). The predicted octanol–water partition coefficient (Wildman–Crippen LogP) is 1.01. The first kappa shape index (κ1) is 12.6. The first-order chi connectivity index (χ1) is 8.50. The van der Waals surface area contributed by atoms with Gasteiger partial charge in [0, 0.05) is 11.9 Å². The molecular weight excluding hydrogens is 250 g/mol. The molecule has 0 unspecified atom stereocenters. The SMILES string of the molecule is Cc1ncsc1CNC(=O)c1c(N)c(C)nn1C. The number of rotatable bonds is 3. The molecular formula is C11H15N5OS. The van der Waals surface area contributed by atoms with E-state index in [0.717, 1.165) is 10.6 Å². The summed E-state index contributed by atoms with van der Waals surface area (Å²) in [6.07, 6.45) is 0. The highest BCUT2D eigenvalue weighted by Crippen LogP contribution is 2.16. The van der Waals surface area contributed by atoms with E-state index in [9.17, 15) is 4.79 Å². The molecule has 3 N–H and O–H groups in total. The van der Waals surface area contributed by atoms with Crippen LogP contribution in [0.25, 0.3) is 0 Å². The smallest absolute Gasteiger partial charge is 0.271 e. The molecule has 2 aromatic rings. The van der Waals surface area contributed by atoms with Gasteiger partial charge in [0.2, 0.25) is 0 Å². The number of amides is 1. The Morgan fingerprint density at radius 3 is 2.72 bits per heavy atom. The molecule has 0 aliphatic rings. The van der Waals surface area contributed by atoms with Crippen LogP contribution in [0.1, 0.15) is 26.8 Å². The van der Waals surface area contributed by atoms with Crippen LogP contribution in [-0.4, -0.2) is 20.7 Å². The van der Waals surface area contributed by atoms with E-state index in [4.69, 9.17) is 5.73 Å². The Bertz CT molecular complexity index is 586. The summed E-state index contributed by atoms with van der Waals surface area (Å²) >= 11 is 1.52. The van der Waals surface area contributed by atoms with Crippen molar-refractivity contribution in [3.05, 3.63) is 27.5 Å². The van der Waals surface area contributed by atoms with Crippen LogP contribution < -0.4 is 11.1 Å². The molecule has 0 atom stereocenters. The van der Waals surface area contributed by atoms with Crippen LogP contribution in [0.2, 0.25) is 0 Å². The van der Waals surface area contributed by atoms with E-state index in [1.807, 2.05) is 6.92 Å². The summed E-state index contributed by atoms with van der Waals surface area (Å²) in [7, 11) is 1.70. The maximum absolute atomic E-state index is 12.0. The number of aromatic nitrogens is 3. The number of nitrogens with two attached hydrogens (primary N) is 1. The molecule has 0 spiro atoms. The Kier molecular flexibility index (Phi) is 3.33. The van der Waals surface area contributed by atoms with E-state index in [2.05, 4.69) is 15.4 Å². The lowest BCUT2D eigenvalue weighted by molar-refractivity contribution is 0.0943. The molecule has 0 aliphatic carbocycles. The van der Waals surface area contributed by atoms with Crippen LogP contribution in [0.3, 0.4) is 0 Å².